The zero-order chi connectivity index (χ0) is 7.28. The molecular weight excluding hydrogens is 126 g/mol. The molecule has 0 aromatic heterocycles. The molecule has 0 amide bonds. The highest BCUT2D eigenvalue weighted by Gasteiger charge is 2.04. The average Bonchev–Trinajstić information content (AvgIpc) is 1.83. The summed E-state index contributed by atoms with van der Waals surface area (Å²) in [6.45, 7) is 1.37. The van der Waals surface area contributed by atoms with Crippen molar-refractivity contribution in [3.63, 3.8) is 0 Å². The first-order chi connectivity index (χ1) is 4.16. The Labute approximate surface area is 54.0 Å². The summed E-state index contributed by atoms with van der Waals surface area (Å²) in [5.41, 5.74) is 0. The van der Waals surface area contributed by atoms with Crippen LogP contribution in [0.2, 0.25) is 0 Å². The van der Waals surface area contributed by atoms with E-state index in [0.717, 1.165) is 6.42 Å². The number of ether oxygens (including phenoxy) is 1. The summed E-state index contributed by atoms with van der Waals surface area (Å²) in [4.78, 5) is 0. The molecule has 0 aliphatic heterocycles. The third-order valence-electron chi connectivity index (χ3n) is 1.20. The van der Waals surface area contributed by atoms with Crippen LogP contribution in [-0.4, -0.2) is 13.2 Å². The zero-order valence-electron chi connectivity index (χ0n) is 5.73. The van der Waals surface area contributed by atoms with E-state index in [-0.39, 0.29) is 12.5 Å². The van der Waals surface area contributed by atoms with Crippen LogP contribution in [0.15, 0.2) is 0 Å². The van der Waals surface area contributed by atoms with E-state index < -0.39 is 6.61 Å². The highest BCUT2D eigenvalue weighted by atomic mass is 19.3. The van der Waals surface area contributed by atoms with Crippen LogP contribution in [-0.2, 0) is 4.74 Å². The maximum atomic E-state index is 11.3. The fourth-order valence-electron chi connectivity index (χ4n) is 0.355. The van der Waals surface area contributed by atoms with E-state index >= 15 is 0 Å². The van der Waals surface area contributed by atoms with Gasteiger partial charge in [-0.2, -0.15) is 8.78 Å². The predicted octanol–water partition coefficient (Wildman–Crippen LogP) is 2.27. The summed E-state index contributed by atoms with van der Waals surface area (Å²) in [5, 5.41) is 0. The molecule has 1 unspecified atom stereocenters. The summed E-state index contributed by atoms with van der Waals surface area (Å²) in [5.74, 6) is 0.235. The lowest BCUT2D eigenvalue weighted by atomic mass is 10.1. The van der Waals surface area contributed by atoms with E-state index in [1.807, 2.05) is 13.8 Å². The van der Waals surface area contributed by atoms with Gasteiger partial charge in [-0.05, 0) is 5.92 Å². The number of alkyl halides is 2. The highest BCUT2D eigenvalue weighted by Crippen LogP contribution is 2.03. The van der Waals surface area contributed by atoms with Gasteiger partial charge >= 0.3 is 6.61 Å². The quantitative estimate of drug-likeness (QED) is 0.579. The van der Waals surface area contributed by atoms with Crippen molar-refractivity contribution in [1.82, 2.24) is 0 Å². The van der Waals surface area contributed by atoms with Gasteiger partial charge in [-0.25, -0.2) is 0 Å². The van der Waals surface area contributed by atoms with Gasteiger partial charge in [0.15, 0.2) is 0 Å². The van der Waals surface area contributed by atoms with Gasteiger partial charge < -0.3 is 4.74 Å². The van der Waals surface area contributed by atoms with Gasteiger partial charge in [0.05, 0.1) is 6.61 Å². The van der Waals surface area contributed by atoms with Crippen molar-refractivity contribution in [1.29, 1.82) is 0 Å². The Bertz CT molecular complexity index is 66.1. The van der Waals surface area contributed by atoms with Gasteiger partial charge in [-0.3, -0.25) is 0 Å². The summed E-state index contributed by atoms with van der Waals surface area (Å²) < 4.78 is 26.7. The molecule has 0 fully saturated rings. The Hall–Kier alpha value is -0.180. The highest BCUT2D eigenvalue weighted by molar-refractivity contribution is 4.44. The van der Waals surface area contributed by atoms with Crippen molar-refractivity contribution in [3.05, 3.63) is 0 Å². The predicted molar refractivity (Wildman–Crippen MR) is 31.4 cm³/mol. The Kier molecular flexibility index (Phi) is 4.58. The van der Waals surface area contributed by atoms with Crippen LogP contribution in [0.3, 0.4) is 0 Å². The molecule has 0 aliphatic rings. The molecule has 0 rings (SSSR count). The summed E-state index contributed by atoms with van der Waals surface area (Å²) >= 11 is 0. The third kappa shape index (κ3) is 5.69. The van der Waals surface area contributed by atoms with E-state index in [9.17, 15) is 8.78 Å². The first-order valence-corrected chi connectivity index (χ1v) is 3.06. The summed E-state index contributed by atoms with van der Waals surface area (Å²) in [6.07, 6.45) is 0.882. The smallest absolute Gasteiger partial charge is 0.323 e. The van der Waals surface area contributed by atoms with E-state index in [1.54, 1.807) is 0 Å². The molecule has 0 heterocycles. The van der Waals surface area contributed by atoms with Crippen LogP contribution in [0.5, 0.6) is 0 Å². The van der Waals surface area contributed by atoms with Gasteiger partial charge in [0, 0.05) is 0 Å². The van der Waals surface area contributed by atoms with Gasteiger partial charge in [0.2, 0.25) is 0 Å². The summed E-state index contributed by atoms with van der Waals surface area (Å²) in [7, 11) is 0. The molecule has 9 heavy (non-hydrogen) atoms. The lowest BCUT2D eigenvalue weighted by Gasteiger charge is -2.07. The van der Waals surface area contributed by atoms with Crippen molar-refractivity contribution in [3.8, 4) is 0 Å². The topological polar surface area (TPSA) is 9.23 Å². The third-order valence-corrected chi connectivity index (χ3v) is 1.20. The number of halogens is 2. The minimum Gasteiger partial charge on any atom is -0.323 e. The molecule has 0 aromatic rings. The molecule has 0 spiro atoms. The molecule has 0 aromatic carbocycles. The van der Waals surface area contributed by atoms with Crippen molar-refractivity contribution < 1.29 is 13.5 Å². The molecule has 1 nitrogen and oxygen atoms in total. The van der Waals surface area contributed by atoms with Crippen LogP contribution in [0.1, 0.15) is 20.3 Å². The Morgan fingerprint density at radius 1 is 1.44 bits per heavy atom. The maximum Gasteiger partial charge on any atom is 0.345 e. The zero-order valence-corrected chi connectivity index (χ0v) is 5.73. The monoisotopic (exact) mass is 138 g/mol. The largest absolute Gasteiger partial charge is 0.345 e. The fourth-order valence-corrected chi connectivity index (χ4v) is 0.355. The van der Waals surface area contributed by atoms with Gasteiger partial charge in [-0.15, -0.1) is 0 Å². The van der Waals surface area contributed by atoms with E-state index in [4.69, 9.17) is 0 Å². The number of rotatable bonds is 4. The lowest BCUT2D eigenvalue weighted by Crippen LogP contribution is -2.08. The van der Waals surface area contributed by atoms with Crippen LogP contribution < -0.4 is 0 Å². The second kappa shape index (κ2) is 4.68. The van der Waals surface area contributed by atoms with Crippen LogP contribution in [0.25, 0.3) is 0 Å². The average molecular weight is 138 g/mol. The normalized spacial score (nSPS) is 14.3. The molecule has 0 bridgehead atoms. The van der Waals surface area contributed by atoms with Gasteiger partial charge in [-0.1, -0.05) is 20.3 Å². The molecule has 0 saturated heterocycles. The van der Waals surface area contributed by atoms with E-state index in [1.165, 1.54) is 0 Å². The van der Waals surface area contributed by atoms with Crippen LogP contribution in [0.4, 0.5) is 8.78 Å². The van der Waals surface area contributed by atoms with Crippen LogP contribution >= 0.6 is 0 Å². The van der Waals surface area contributed by atoms with Crippen molar-refractivity contribution in [2.45, 2.75) is 26.9 Å². The molecule has 56 valence electrons. The Balaban J connectivity index is 3.06. The maximum absolute atomic E-state index is 11.3. The van der Waals surface area contributed by atoms with Crippen molar-refractivity contribution in [2.75, 3.05) is 6.61 Å². The standard InChI is InChI=1S/C6H12F2O/c1-3-5(2)4-9-6(7)8/h5-6H,3-4H2,1-2H3. The molecule has 0 N–H and O–H groups in total. The fraction of sp³-hybridized carbons (Fsp3) is 1.00. The Morgan fingerprint density at radius 3 is 2.33 bits per heavy atom. The molecular formula is C6H12F2O. The molecule has 3 heteroatoms. The minimum absolute atomic E-state index is 0.161. The minimum atomic E-state index is -2.61. The van der Waals surface area contributed by atoms with Crippen LogP contribution in [0, 0.1) is 5.92 Å². The molecule has 0 aliphatic carbocycles. The SMILES string of the molecule is CCC(C)COC(F)F. The van der Waals surface area contributed by atoms with E-state index in [2.05, 4.69) is 4.74 Å². The van der Waals surface area contributed by atoms with Gasteiger partial charge in [0.1, 0.15) is 0 Å². The second-order valence-corrected chi connectivity index (χ2v) is 2.11. The first-order valence-electron chi connectivity index (χ1n) is 3.06. The number of hydrogen-bond acceptors (Lipinski definition) is 1. The number of hydrogen-bond donors (Lipinski definition) is 0. The molecule has 0 saturated carbocycles. The van der Waals surface area contributed by atoms with Gasteiger partial charge in [0.25, 0.3) is 0 Å². The molecule has 0 radical (unpaired) electrons. The van der Waals surface area contributed by atoms with E-state index in [0.29, 0.717) is 0 Å². The van der Waals surface area contributed by atoms with Crippen molar-refractivity contribution >= 4 is 0 Å². The summed E-state index contributed by atoms with van der Waals surface area (Å²) in [6, 6.07) is 0. The first kappa shape index (κ1) is 8.82. The second-order valence-electron chi connectivity index (χ2n) is 2.11. The Morgan fingerprint density at radius 2 is 2.00 bits per heavy atom. The molecule has 1 atom stereocenters. The van der Waals surface area contributed by atoms with Crippen molar-refractivity contribution in [2.24, 2.45) is 5.92 Å². The lowest BCUT2D eigenvalue weighted by molar-refractivity contribution is -0.137.